The van der Waals surface area contributed by atoms with E-state index in [1.165, 1.54) is 22.2 Å². The summed E-state index contributed by atoms with van der Waals surface area (Å²) in [6.45, 7) is 5.33. The number of hydrogen-bond donors (Lipinski definition) is 1. The van der Waals surface area contributed by atoms with E-state index in [4.69, 9.17) is 23.2 Å². The van der Waals surface area contributed by atoms with E-state index in [1.54, 1.807) is 0 Å². The molecule has 130 valence electrons. The van der Waals surface area contributed by atoms with Crippen LogP contribution < -0.4 is 0 Å². The Balaban J connectivity index is 1.46. The molecule has 1 saturated heterocycles. The minimum atomic E-state index is 0.460. The van der Waals surface area contributed by atoms with Gasteiger partial charge in [0.15, 0.2) is 0 Å². The number of aromatic nitrogens is 1. The molecule has 4 rings (SSSR count). The lowest BCUT2D eigenvalue weighted by molar-refractivity contribution is 0.202. The summed E-state index contributed by atoms with van der Waals surface area (Å²) in [4.78, 5) is 6.12. The van der Waals surface area contributed by atoms with Gasteiger partial charge in [-0.2, -0.15) is 0 Å². The molecule has 0 unspecified atom stereocenters. The Kier molecular flexibility index (Phi) is 4.77. The van der Waals surface area contributed by atoms with Crippen LogP contribution in [0.3, 0.4) is 0 Å². The Labute approximate surface area is 158 Å². The first-order valence-electron chi connectivity index (χ1n) is 8.86. The predicted molar refractivity (Wildman–Crippen MR) is 107 cm³/mol. The van der Waals surface area contributed by atoms with E-state index in [0.717, 1.165) is 48.1 Å². The van der Waals surface area contributed by atoms with Crippen molar-refractivity contribution in [2.75, 3.05) is 13.1 Å². The lowest BCUT2D eigenvalue weighted by Crippen LogP contribution is -2.32. The molecule has 2 aromatic carbocycles. The van der Waals surface area contributed by atoms with Gasteiger partial charge in [0, 0.05) is 33.2 Å². The smallest absolute Gasteiger partial charge is 0.0459 e. The Morgan fingerprint density at radius 3 is 2.36 bits per heavy atom. The summed E-state index contributed by atoms with van der Waals surface area (Å²) in [7, 11) is 0. The SMILES string of the molecule is Cc1c(CN2CCC(c3c(Cl)cccc3Cl)CC2)[nH]c2ccccc12. The Morgan fingerprint density at radius 2 is 1.68 bits per heavy atom. The van der Waals surface area contributed by atoms with Crippen molar-refractivity contribution in [2.24, 2.45) is 0 Å². The van der Waals surface area contributed by atoms with E-state index in [9.17, 15) is 0 Å². The van der Waals surface area contributed by atoms with Crippen molar-refractivity contribution >= 4 is 34.1 Å². The normalized spacial score (nSPS) is 16.6. The van der Waals surface area contributed by atoms with Crippen LogP contribution >= 0.6 is 23.2 Å². The van der Waals surface area contributed by atoms with Gasteiger partial charge < -0.3 is 4.98 Å². The molecule has 0 spiro atoms. The van der Waals surface area contributed by atoms with Crippen LogP contribution in [0.4, 0.5) is 0 Å². The maximum Gasteiger partial charge on any atom is 0.0459 e. The molecule has 1 N–H and O–H groups in total. The monoisotopic (exact) mass is 372 g/mol. The summed E-state index contributed by atoms with van der Waals surface area (Å²) < 4.78 is 0. The van der Waals surface area contributed by atoms with E-state index >= 15 is 0 Å². The first-order chi connectivity index (χ1) is 12.1. The third kappa shape index (κ3) is 3.31. The molecule has 2 heterocycles. The van der Waals surface area contributed by atoms with Gasteiger partial charge in [-0.1, -0.05) is 47.5 Å². The van der Waals surface area contributed by atoms with E-state index in [0.29, 0.717) is 5.92 Å². The maximum absolute atomic E-state index is 6.39. The molecule has 0 radical (unpaired) electrons. The number of para-hydroxylation sites is 1. The molecule has 1 aliphatic rings. The topological polar surface area (TPSA) is 19.0 Å². The van der Waals surface area contributed by atoms with Crippen molar-refractivity contribution in [1.82, 2.24) is 9.88 Å². The van der Waals surface area contributed by atoms with Crippen LogP contribution in [0.15, 0.2) is 42.5 Å². The van der Waals surface area contributed by atoms with E-state index in [1.807, 2.05) is 18.2 Å². The van der Waals surface area contributed by atoms with E-state index in [-0.39, 0.29) is 0 Å². The first-order valence-corrected chi connectivity index (χ1v) is 9.61. The Bertz CT molecular complexity index is 872. The molecule has 3 aromatic rings. The van der Waals surface area contributed by atoms with Crippen molar-refractivity contribution in [3.8, 4) is 0 Å². The van der Waals surface area contributed by atoms with Gasteiger partial charge in [0.25, 0.3) is 0 Å². The first kappa shape index (κ1) is 17.0. The molecule has 0 bridgehead atoms. The number of rotatable bonds is 3. The average Bonchev–Trinajstić information content (AvgIpc) is 2.92. The van der Waals surface area contributed by atoms with Crippen LogP contribution in [0.1, 0.15) is 35.6 Å². The highest BCUT2D eigenvalue weighted by Gasteiger charge is 2.24. The number of nitrogens with zero attached hydrogens (tertiary/aromatic N) is 1. The number of aromatic amines is 1. The largest absolute Gasteiger partial charge is 0.357 e. The number of piperidine rings is 1. The second kappa shape index (κ2) is 7.03. The van der Waals surface area contributed by atoms with E-state index in [2.05, 4.69) is 41.1 Å². The lowest BCUT2D eigenvalue weighted by atomic mass is 9.89. The molecule has 0 saturated carbocycles. The zero-order valence-electron chi connectivity index (χ0n) is 14.4. The molecule has 2 nitrogen and oxygen atoms in total. The molecule has 0 amide bonds. The van der Waals surface area contributed by atoms with Crippen molar-refractivity contribution in [3.63, 3.8) is 0 Å². The molecule has 25 heavy (non-hydrogen) atoms. The van der Waals surface area contributed by atoms with Gasteiger partial charge in [0.1, 0.15) is 0 Å². The van der Waals surface area contributed by atoms with Crippen LogP contribution in [-0.4, -0.2) is 23.0 Å². The van der Waals surface area contributed by atoms with Gasteiger partial charge >= 0.3 is 0 Å². The summed E-state index contributed by atoms with van der Waals surface area (Å²) in [5.41, 5.74) is 5.06. The standard InChI is InChI=1S/C21H22Cl2N2/c1-14-16-5-2-3-8-19(16)24-20(14)13-25-11-9-15(10-12-25)21-17(22)6-4-7-18(21)23/h2-8,15,24H,9-13H2,1H3. The van der Waals surface area contributed by atoms with Crippen LogP contribution in [0, 0.1) is 6.92 Å². The summed E-state index contributed by atoms with van der Waals surface area (Å²) >= 11 is 12.8. The number of likely N-dealkylation sites (tertiary alicyclic amines) is 1. The van der Waals surface area contributed by atoms with Crippen LogP contribution in [-0.2, 0) is 6.54 Å². The minimum Gasteiger partial charge on any atom is -0.357 e. The Hall–Kier alpha value is -1.48. The number of halogens is 2. The third-order valence-corrected chi connectivity index (χ3v) is 6.11. The number of aryl methyl sites for hydroxylation is 1. The number of benzene rings is 2. The maximum atomic E-state index is 6.39. The molecule has 1 fully saturated rings. The highest BCUT2D eigenvalue weighted by molar-refractivity contribution is 6.36. The quantitative estimate of drug-likeness (QED) is 0.582. The van der Waals surface area contributed by atoms with Gasteiger partial charge in [0.05, 0.1) is 0 Å². The van der Waals surface area contributed by atoms with Crippen molar-refractivity contribution in [3.05, 3.63) is 69.3 Å². The second-order valence-corrected chi connectivity index (χ2v) is 7.77. The number of hydrogen-bond acceptors (Lipinski definition) is 1. The summed E-state index contributed by atoms with van der Waals surface area (Å²) in [6.07, 6.45) is 2.20. The fourth-order valence-electron chi connectivity index (χ4n) is 4.00. The molecule has 1 aliphatic heterocycles. The third-order valence-electron chi connectivity index (χ3n) is 5.45. The molecule has 4 heteroatoms. The average molecular weight is 373 g/mol. The lowest BCUT2D eigenvalue weighted by Gasteiger charge is -2.32. The predicted octanol–water partition coefficient (Wildman–Crippen LogP) is 6.16. The number of H-pyrrole nitrogens is 1. The molecule has 1 aromatic heterocycles. The van der Waals surface area contributed by atoms with Gasteiger partial charge in [-0.05, 0) is 68.1 Å². The zero-order chi connectivity index (χ0) is 17.4. The summed E-state index contributed by atoms with van der Waals surface area (Å²) in [5, 5.41) is 2.94. The Morgan fingerprint density at radius 1 is 1.00 bits per heavy atom. The highest BCUT2D eigenvalue weighted by atomic mass is 35.5. The second-order valence-electron chi connectivity index (χ2n) is 6.96. The van der Waals surface area contributed by atoms with Gasteiger partial charge in [-0.3, -0.25) is 4.90 Å². The fraction of sp³-hybridized carbons (Fsp3) is 0.333. The molecular weight excluding hydrogens is 351 g/mol. The van der Waals surface area contributed by atoms with Gasteiger partial charge in [0.2, 0.25) is 0 Å². The fourth-order valence-corrected chi connectivity index (χ4v) is 4.71. The van der Waals surface area contributed by atoms with Crippen molar-refractivity contribution in [2.45, 2.75) is 32.2 Å². The summed E-state index contributed by atoms with van der Waals surface area (Å²) in [6, 6.07) is 14.3. The molecular formula is C21H22Cl2N2. The molecule has 0 atom stereocenters. The highest BCUT2D eigenvalue weighted by Crippen LogP contribution is 2.37. The van der Waals surface area contributed by atoms with Crippen molar-refractivity contribution < 1.29 is 0 Å². The van der Waals surface area contributed by atoms with Gasteiger partial charge in [-0.15, -0.1) is 0 Å². The van der Waals surface area contributed by atoms with Gasteiger partial charge in [-0.25, -0.2) is 0 Å². The molecule has 0 aliphatic carbocycles. The zero-order valence-corrected chi connectivity index (χ0v) is 15.9. The van der Waals surface area contributed by atoms with Crippen LogP contribution in [0.25, 0.3) is 10.9 Å². The minimum absolute atomic E-state index is 0.460. The summed E-state index contributed by atoms with van der Waals surface area (Å²) in [5.74, 6) is 0.460. The van der Waals surface area contributed by atoms with E-state index < -0.39 is 0 Å². The van der Waals surface area contributed by atoms with Crippen LogP contribution in [0.5, 0.6) is 0 Å². The number of fused-ring (bicyclic) bond motifs is 1. The van der Waals surface area contributed by atoms with Crippen molar-refractivity contribution in [1.29, 1.82) is 0 Å². The number of nitrogens with one attached hydrogen (secondary N) is 1. The van der Waals surface area contributed by atoms with Crippen LogP contribution in [0.2, 0.25) is 10.0 Å².